The van der Waals surface area contributed by atoms with Crippen LogP contribution in [0.3, 0.4) is 0 Å². The molecule has 2 heterocycles. The van der Waals surface area contributed by atoms with Gasteiger partial charge < -0.3 is 14.5 Å². The van der Waals surface area contributed by atoms with E-state index in [1.165, 1.54) is 0 Å². The first-order valence-corrected chi connectivity index (χ1v) is 10.3. The van der Waals surface area contributed by atoms with Gasteiger partial charge in [-0.15, -0.1) is 0 Å². The summed E-state index contributed by atoms with van der Waals surface area (Å²) in [4.78, 5) is 25.7. The zero-order chi connectivity index (χ0) is 19.7. The highest BCUT2D eigenvalue weighted by atomic mass is 35.5. The fraction of sp³-hybridized carbons (Fsp3) is 0.450. The number of amides is 1. The number of carbonyl (C=O) groups excluding carboxylic acids is 1. The molecule has 1 aliphatic carbocycles. The summed E-state index contributed by atoms with van der Waals surface area (Å²) in [6.45, 7) is 5.22. The molecule has 6 nitrogen and oxygen atoms in total. The Morgan fingerprint density at radius 3 is 2.75 bits per heavy atom. The zero-order valence-electron chi connectivity index (χ0n) is 15.6. The Bertz CT molecular complexity index is 871. The van der Waals surface area contributed by atoms with E-state index >= 15 is 0 Å². The molecule has 0 radical (unpaired) electrons. The minimum atomic E-state index is 0.0000452. The summed E-state index contributed by atoms with van der Waals surface area (Å²) in [5.74, 6) is 1.59. The molecule has 0 N–H and O–H groups in total. The smallest absolute Gasteiger partial charge is 0.228 e. The number of nitrogens with zero attached hydrogens (tertiary/aromatic N) is 4. The highest BCUT2D eigenvalue weighted by Gasteiger charge is 2.47. The maximum atomic E-state index is 12.9. The van der Waals surface area contributed by atoms with Crippen molar-refractivity contribution in [3.8, 4) is 5.88 Å². The number of halogens is 2. The Hall–Kier alpha value is -2.05. The Labute approximate surface area is 174 Å². The number of hydrogen-bond acceptors (Lipinski definition) is 5. The Balaban J connectivity index is 1.35. The average Bonchev–Trinajstić information content (AvgIpc) is 3.51. The molecule has 0 spiro atoms. The van der Waals surface area contributed by atoms with Crippen LogP contribution >= 0.6 is 23.2 Å². The maximum absolute atomic E-state index is 12.9. The van der Waals surface area contributed by atoms with Crippen molar-refractivity contribution < 1.29 is 9.53 Å². The van der Waals surface area contributed by atoms with Gasteiger partial charge in [-0.25, -0.2) is 4.98 Å². The number of piperazine rings is 1. The first-order chi connectivity index (χ1) is 13.6. The van der Waals surface area contributed by atoms with Crippen LogP contribution in [0.2, 0.25) is 10.0 Å². The van der Waals surface area contributed by atoms with Gasteiger partial charge in [-0.05, 0) is 30.9 Å². The SMILES string of the molecule is CCOc1ccnc(N2CCN(C(=O)[C@H]3C[C@H]3c3cccc(Cl)c3Cl)CC2)n1. The summed E-state index contributed by atoms with van der Waals surface area (Å²) >= 11 is 12.4. The van der Waals surface area contributed by atoms with Crippen LogP contribution in [0.15, 0.2) is 30.5 Å². The largest absolute Gasteiger partial charge is 0.478 e. The third-order valence-electron chi connectivity index (χ3n) is 5.27. The number of rotatable bonds is 5. The average molecular weight is 421 g/mol. The molecule has 1 saturated carbocycles. The molecule has 2 aromatic rings. The molecule has 0 unspecified atom stereocenters. The summed E-state index contributed by atoms with van der Waals surface area (Å²) in [5, 5.41) is 1.11. The lowest BCUT2D eigenvalue weighted by Crippen LogP contribution is -2.49. The first-order valence-electron chi connectivity index (χ1n) is 9.52. The number of hydrogen-bond donors (Lipinski definition) is 0. The van der Waals surface area contributed by atoms with Gasteiger partial charge in [0.25, 0.3) is 0 Å². The molecule has 1 aromatic carbocycles. The van der Waals surface area contributed by atoms with E-state index in [1.807, 2.05) is 24.0 Å². The number of carbonyl (C=O) groups is 1. The molecule has 2 atom stereocenters. The molecule has 8 heteroatoms. The van der Waals surface area contributed by atoms with Crippen molar-refractivity contribution in [1.82, 2.24) is 14.9 Å². The topological polar surface area (TPSA) is 58.6 Å². The molecule has 148 valence electrons. The van der Waals surface area contributed by atoms with Crippen LogP contribution in [-0.2, 0) is 4.79 Å². The lowest BCUT2D eigenvalue weighted by molar-refractivity contribution is -0.133. The van der Waals surface area contributed by atoms with E-state index < -0.39 is 0 Å². The van der Waals surface area contributed by atoms with Crippen molar-refractivity contribution in [1.29, 1.82) is 0 Å². The highest BCUT2D eigenvalue weighted by molar-refractivity contribution is 6.42. The third-order valence-corrected chi connectivity index (χ3v) is 6.11. The van der Waals surface area contributed by atoms with Gasteiger partial charge in [0, 0.05) is 44.4 Å². The van der Waals surface area contributed by atoms with Crippen molar-refractivity contribution >= 4 is 35.1 Å². The van der Waals surface area contributed by atoms with Crippen LogP contribution in [0.25, 0.3) is 0 Å². The second-order valence-corrected chi connectivity index (χ2v) is 7.82. The molecule has 2 aliphatic rings. The van der Waals surface area contributed by atoms with Gasteiger partial charge in [-0.1, -0.05) is 35.3 Å². The Morgan fingerprint density at radius 1 is 1.21 bits per heavy atom. The van der Waals surface area contributed by atoms with Crippen molar-refractivity contribution in [2.45, 2.75) is 19.3 Å². The first kappa shape index (κ1) is 19.3. The predicted octanol–water partition coefficient (Wildman–Crippen LogP) is 3.63. The van der Waals surface area contributed by atoms with E-state index in [-0.39, 0.29) is 17.7 Å². The normalized spacial score (nSPS) is 21.5. The summed E-state index contributed by atoms with van der Waals surface area (Å²) in [6.07, 6.45) is 2.53. The lowest BCUT2D eigenvalue weighted by atomic mass is 10.1. The van der Waals surface area contributed by atoms with Gasteiger partial charge in [0.15, 0.2) is 0 Å². The number of benzene rings is 1. The quantitative estimate of drug-likeness (QED) is 0.738. The van der Waals surface area contributed by atoms with E-state index in [0.717, 1.165) is 12.0 Å². The molecule has 4 rings (SSSR count). The van der Waals surface area contributed by atoms with Crippen LogP contribution in [0.4, 0.5) is 5.95 Å². The van der Waals surface area contributed by atoms with Gasteiger partial charge in [0.1, 0.15) is 0 Å². The van der Waals surface area contributed by atoms with Crippen molar-refractivity contribution in [3.63, 3.8) is 0 Å². The molecular weight excluding hydrogens is 399 g/mol. The second kappa shape index (κ2) is 8.13. The molecule has 2 fully saturated rings. The van der Waals surface area contributed by atoms with Crippen molar-refractivity contribution in [2.75, 3.05) is 37.7 Å². The van der Waals surface area contributed by atoms with Crippen LogP contribution in [0.5, 0.6) is 5.88 Å². The van der Waals surface area contributed by atoms with E-state index in [0.29, 0.717) is 54.7 Å². The Morgan fingerprint density at radius 2 is 2.00 bits per heavy atom. The van der Waals surface area contributed by atoms with Gasteiger partial charge >= 0.3 is 0 Å². The monoisotopic (exact) mass is 420 g/mol. The van der Waals surface area contributed by atoms with Gasteiger partial charge in [-0.3, -0.25) is 4.79 Å². The fourth-order valence-electron chi connectivity index (χ4n) is 3.69. The molecule has 1 saturated heterocycles. The molecule has 1 aliphatic heterocycles. The molecule has 1 aromatic heterocycles. The minimum Gasteiger partial charge on any atom is -0.478 e. The van der Waals surface area contributed by atoms with Gasteiger partial charge in [0.2, 0.25) is 17.7 Å². The summed E-state index contributed by atoms with van der Waals surface area (Å²) < 4.78 is 5.45. The maximum Gasteiger partial charge on any atom is 0.228 e. The molecular formula is C20H22Cl2N4O2. The predicted molar refractivity (Wildman–Crippen MR) is 109 cm³/mol. The zero-order valence-corrected chi connectivity index (χ0v) is 17.2. The summed E-state index contributed by atoms with van der Waals surface area (Å²) in [5.41, 5.74) is 0.979. The van der Waals surface area contributed by atoms with E-state index in [1.54, 1.807) is 18.3 Å². The third kappa shape index (κ3) is 3.89. The number of anilines is 1. The summed E-state index contributed by atoms with van der Waals surface area (Å²) in [7, 11) is 0. The van der Waals surface area contributed by atoms with E-state index in [9.17, 15) is 4.79 Å². The van der Waals surface area contributed by atoms with Crippen LogP contribution in [-0.4, -0.2) is 53.6 Å². The number of ether oxygens (including phenoxy) is 1. The van der Waals surface area contributed by atoms with Crippen LogP contribution in [0.1, 0.15) is 24.8 Å². The van der Waals surface area contributed by atoms with Crippen LogP contribution in [0, 0.1) is 5.92 Å². The lowest BCUT2D eigenvalue weighted by Gasteiger charge is -2.35. The standard InChI is InChI=1S/C20H22Cl2N4O2/c1-2-28-17-6-7-23-20(24-17)26-10-8-25(9-11-26)19(27)15-12-14(15)13-4-3-5-16(21)18(13)22/h3-7,14-15H,2,8-12H2,1H3/t14-,15-/m0/s1. The fourth-order valence-corrected chi connectivity index (χ4v) is 4.14. The second-order valence-electron chi connectivity index (χ2n) is 7.03. The van der Waals surface area contributed by atoms with Crippen LogP contribution < -0.4 is 9.64 Å². The molecule has 0 bridgehead atoms. The van der Waals surface area contributed by atoms with E-state index in [2.05, 4.69) is 14.9 Å². The van der Waals surface area contributed by atoms with Crippen molar-refractivity contribution in [3.05, 3.63) is 46.1 Å². The van der Waals surface area contributed by atoms with Gasteiger partial charge in [0.05, 0.1) is 16.7 Å². The van der Waals surface area contributed by atoms with E-state index in [4.69, 9.17) is 27.9 Å². The number of aromatic nitrogens is 2. The molecule has 1 amide bonds. The highest BCUT2D eigenvalue weighted by Crippen LogP contribution is 2.51. The van der Waals surface area contributed by atoms with Crippen molar-refractivity contribution in [2.24, 2.45) is 5.92 Å². The molecule has 28 heavy (non-hydrogen) atoms. The van der Waals surface area contributed by atoms with Gasteiger partial charge in [-0.2, -0.15) is 4.98 Å². The summed E-state index contributed by atoms with van der Waals surface area (Å²) in [6, 6.07) is 7.38. The minimum absolute atomic E-state index is 0.0000452. The Kier molecular flexibility index (Phi) is 5.60.